The van der Waals surface area contributed by atoms with Crippen LogP contribution in [0.25, 0.3) is 22.2 Å². The molecule has 1 atom stereocenters. The van der Waals surface area contributed by atoms with Crippen LogP contribution in [-0.4, -0.2) is 59.2 Å². The van der Waals surface area contributed by atoms with Gasteiger partial charge in [-0.3, -0.25) is 10.1 Å². The van der Waals surface area contributed by atoms with E-state index in [4.69, 9.17) is 33.7 Å². The number of benzene rings is 1. The number of piperidine rings is 1. The molecule has 1 aliphatic heterocycles. The van der Waals surface area contributed by atoms with Crippen LogP contribution in [0, 0.1) is 5.82 Å². The summed E-state index contributed by atoms with van der Waals surface area (Å²) < 4.78 is 44.6. The van der Waals surface area contributed by atoms with Crippen molar-refractivity contribution in [3.63, 3.8) is 0 Å². The molecule has 4 heterocycles. The standard InChI is InChI=1S/C27H29Cl2FN6O3S/c1-16(24-20(28)14-32-15-21(24)29)39-18-3-4-23-19(12-18)25(35-34-23)17-11-22(30)26(33-13-17)36-8-5-27(31,6-9-36)7-10-40(2,37)38/h3-4,11-16H,5-10,31H2,1-2H3,(H,34,35)/t16-/m1/s1. The molecule has 0 unspecified atom stereocenters. The number of H-pyrrole nitrogens is 1. The molecule has 0 spiro atoms. The average Bonchev–Trinajstić information content (AvgIpc) is 3.31. The number of aromatic amines is 1. The molecule has 1 saturated heterocycles. The highest BCUT2D eigenvalue weighted by atomic mass is 35.5. The van der Waals surface area contributed by atoms with Crippen molar-refractivity contribution in [3.05, 3.63) is 64.3 Å². The Kier molecular flexibility index (Phi) is 7.93. The van der Waals surface area contributed by atoms with Crippen molar-refractivity contribution in [1.82, 2.24) is 20.2 Å². The molecule has 4 aromatic rings. The zero-order chi connectivity index (χ0) is 28.7. The third-order valence-corrected chi connectivity index (χ3v) is 8.82. The molecule has 3 aromatic heterocycles. The molecule has 13 heteroatoms. The predicted octanol–water partition coefficient (Wildman–Crippen LogP) is 5.34. The number of nitrogens with two attached hydrogens (primary N) is 1. The predicted molar refractivity (Wildman–Crippen MR) is 155 cm³/mol. The summed E-state index contributed by atoms with van der Waals surface area (Å²) in [5.41, 5.74) is 8.27. The van der Waals surface area contributed by atoms with Gasteiger partial charge in [0.05, 0.1) is 21.3 Å². The first-order valence-corrected chi connectivity index (χ1v) is 15.6. The number of fused-ring (bicyclic) bond motifs is 1. The lowest BCUT2D eigenvalue weighted by Crippen LogP contribution is -2.51. The Hall–Kier alpha value is -2.99. The van der Waals surface area contributed by atoms with Gasteiger partial charge >= 0.3 is 0 Å². The maximum absolute atomic E-state index is 15.3. The summed E-state index contributed by atoms with van der Waals surface area (Å²) in [6.07, 6.45) is 6.86. The quantitative estimate of drug-likeness (QED) is 0.275. The van der Waals surface area contributed by atoms with E-state index in [1.54, 1.807) is 12.3 Å². The second kappa shape index (κ2) is 11.1. The topological polar surface area (TPSA) is 127 Å². The highest BCUT2D eigenvalue weighted by Crippen LogP contribution is 2.36. The number of halogens is 3. The number of nitrogens with zero attached hydrogens (tertiary/aromatic N) is 4. The molecule has 1 fully saturated rings. The Morgan fingerprint density at radius 2 is 1.88 bits per heavy atom. The average molecular weight is 608 g/mol. The van der Waals surface area contributed by atoms with Gasteiger partial charge in [-0.15, -0.1) is 0 Å². The molecular formula is C27H29Cl2FN6O3S. The van der Waals surface area contributed by atoms with Gasteiger partial charge in [0.15, 0.2) is 11.6 Å². The molecule has 0 amide bonds. The second-order valence-electron chi connectivity index (χ2n) is 10.3. The molecule has 3 N–H and O–H groups in total. The summed E-state index contributed by atoms with van der Waals surface area (Å²) in [6.45, 7) is 2.81. The van der Waals surface area contributed by atoms with Crippen molar-refractivity contribution >= 4 is 49.8 Å². The van der Waals surface area contributed by atoms with Gasteiger partial charge in [-0.25, -0.2) is 17.8 Å². The minimum atomic E-state index is -3.10. The van der Waals surface area contributed by atoms with E-state index in [2.05, 4.69) is 20.2 Å². The van der Waals surface area contributed by atoms with E-state index in [0.29, 0.717) is 65.0 Å². The number of pyridine rings is 2. The van der Waals surface area contributed by atoms with E-state index in [1.165, 1.54) is 24.7 Å². The molecule has 40 heavy (non-hydrogen) atoms. The van der Waals surface area contributed by atoms with Crippen LogP contribution in [0.4, 0.5) is 10.2 Å². The third-order valence-electron chi connectivity index (χ3n) is 7.27. The first-order valence-electron chi connectivity index (χ1n) is 12.7. The van der Waals surface area contributed by atoms with E-state index >= 15 is 4.39 Å². The van der Waals surface area contributed by atoms with Gasteiger partial charge in [0.25, 0.3) is 0 Å². The molecule has 0 radical (unpaired) electrons. The fourth-order valence-corrected chi connectivity index (χ4v) is 6.40. The molecular weight excluding hydrogens is 578 g/mol. The summed E-state index contributed by atoms with van der Waals surface area (Å²) in [4.78, 5) is 10.2. The number of rotatable bonds is 8. The van der Waals surface area contributed by atoms with Gasteiger partial charge in [-0.1, -0.05) is 23.2 Å². The number of hydrogen-bond acceptors (Lipinski definition) is 8. The van der Waals surface area contributed by atoms with Crippen LogP contribution in [0.3, 0.4) is 0 Å². The number of ether oxygens (including phenoxy) is 1. The van der Waals surface area contributed by atoms with E-state index in [9.17, 15) is 8.42 Å². The molecule has 0 saturated carbocycles. The lowest BCUT2D eigenvalue weighted by molar-refractivity contribution is 0.227. The van der Waals surface area contributed by atoms with Crippen LogP contribution in [-0.2, 0) is 9.84 Å². The Bertz CT molecular complexity index is 1640. The van der Waals surface area contributed by atoms with Crippen LogP contribution in [0.2, 0.25) is 10.0 Å². The monoisotopic (exact) mass is 606 g/mol. The maximum Gasteiger partial charge on any atom is 0.166 e. The van der Waals surface area contributed by atoms with E-state index < -0.39 is 27.3 Å². The molecule has 0 aliphatic carbocycles. The van der Waals surface area contributed by atoms with Crippen molar-refractivity contribution in [3.8, 4) is 17.0 Å². The third kappa shape index (κ3) is 6.17. The lowest BCUT2D eigenvalue weighted by atomic mass is 9.86. The van der Waals surface area contributed by atoms with Crippen molar-refractivity contribution in [2.45, 2.75) is 37.8 Å². The molecule has 9 nitrogen and oxygen atoms in total. The van der Waals surface area contributed by atoms with Crippen LogP contribution in [0.15, 0.2) is 42.9 Å². The van der Waals surface area contributed by atoms with Crippen molar-refractivity contribution in [1.29, 1.82) is 0 Å². The number of anilines is 1. The van der Waals surface area contributed by atoms with Crippen molar-refractivity contribution in [2.75, 3.05) is 30.0 Å². The number of nitrogens with one attached hydrogen (secondary N) is 1. The highest BCUT2D eigenvalue weighted by molar-refractivity contribution is 7.90. The van der Waals surface area contributed by atoms with E-state index in [0.717, 1.165) is 10.9 Å². The first kappa shape index (κ1) is 28.5. The first-order chi connectivity index (χ1) is 18.9. The lowest BCUT2D eigenvalue weighted by Gasteiger charge is -2.39. The minimum Gasteiger partial charge on any atom is -0.486 e. The number of hydrogen-bond donors (Lipinski definition) is 2. The minimum absolute atomic E-state index is 0.0410. The van der Waals surface area contributed by atoms with Gasteiger partial charge in [0, 0.05) is 60.0 Å². The Morgan fingerprint density at radius 1 is 1.18 bits per heavy atom. The second-order valence-corrected chi connectivity index (χ2v) is 13.4. The summed E-state index contributed by atoms with van der Waals surface area (Å²) >= 11 is 12.6. The van der Waals surface area contributed by atoms with Crippen LogP contribution in [0.1, 0.15) is 37.9 Å². The summed E-state index contributed by atoms with van der Waals surface area (Å²) in [5, 5.41) is 8.93. The Balaban J connectivity index is 1.33. The van der Waals surface area contributed by atoms with E-state index in [1.807, 2.05) is 24.0 Å². The fourth-order valence-electron chi connectivity index (χ4n) is 4.95. The molecule has 0 bridgehead atoms. The Morgan fingerprint density at radius 3 is 2.52 bits per heavy atom. The maximum atomic E-state index is 15.3. The van der Waals surface area contributed by atoms with Gasteiger partial charge in [-0.2, -0.15) is 5.10 Å². The number of sulfone groups is 1. The van der Waals surface area contributed by atoms with Gasteiger partial charge in [0.1, 0.15) is 27.4 Å². The molecule has 1 aromatic carbocycles. The van der Waals surface area contributed by atoms with Crippen molar-refractivity contribution < 1.29 is 17.5 Å². The van der Waals surface area contributed by atoms with Crippen LogP contribution < -0.4 is 15.4 Å². The Labute approximate surface area is 241 Å². The summed E-state index contributed by atoms with van der Waals surface area (Å²) in [7, 11) is -3.10. The van der Waals surface area contributed by atoms with Crippen LogP contribution >= 0.6 is 23.2 Å². The number of aromatic nitrogens is 4. The molecule has 212 valence electrons. The summed E-state index contributed by atoms with van der Waals surface area (Å²) in [6, 6.07) is 6.87. The fraction of sp³-hybridized carbons (Fsp3) is 0.370. The zero-order valence-corrected chi connectivity index (χ0v) is 24.3. The normalized spacial score (nSPS) is 16.3. The summed E-state index contributed by atoms with van der Waals surface area (Å²) in [5.74, 6) is 0.361. The SMILES string of the molecule is C[C@@H](Oc1ccc2[nH]nc(-c3cnc(N4CCC(N)(CCS(C)(=O)=O)CC4)c(F)c3)c2c1)c1c(Cl)cncc1Cl. The molecule has 1 aliphatic rings. The highest BCUT2D eigenvalue weighted by Gasteiger charge is 2.32. The van der Waals surface area contributed by atoms with E-state index in [-0.39, 0.29) is 11.6 Å². The largest absolute Gasteiger partial charge is 0.486 e. The van der Waals surface area contributed by atoms with Gasteiger partial charge in [0.2, 0.25) is 0 Å². The smallest absolute Gasteiger partial charge is 0.166 e. The van der Waals surface area contributed by atoms with Gasteiger partial charge in [-0.05, 0) is 50.5 Å². The van der Waals surface area contributed by atoms with Crippen LogP contribution in [0.5, 0.6) is 5.75 Å². The zero-order valence-electron chi connectivity index (χ0n) is 22.0. The van der Waals surface area contributed by atoms with Gasteiger partial charge < -0.3 is 15.4 Å². The van der Waals surface area contributed by atoms with Crippen molar-refractivity contribution in [2.24, 2.45) is 5.73 Å². The molecule has 5 rings (SSSR count).